The van der Waals surface area contributed by atoms with E-state index in [1.54, 1.807) is 36.4 Å². The first-order chi connectivity index (χ1) is 11.0. The van der Waals surface area contributed by atoms with Crippen LogP contribution in [0, 0.1) is 0 Å². The number of carbonyl (C=O) groups excluding carboxylic acids is 1. The summed E-state index contributed by atoms with van der Waals surface area (Å²) < 4.78 is 34.8. The molecule has 0 heterocycles. The minimum Gasteiger partial charge on any atom is -0.493 e. The molecule has 0 bridgehead atoms. The molecule has 0 atom stereocenters. The van der Waals surface area contributed by atoms with E-state index in [-0.39, 0.29) is 24.0 Å². The number of hydrogen-bond donors (Lipinski definition) is 1. The standard InChI is InChI=1S/C16H14BrF2NO3/c1-22-14-8-10(2-7-13(14)23-16(18)19)9-20-15(21)11-3-5-12(17)6-4-11/h2-8,16H,9H2,1H3,(H,20,21). The van der Waals surface area contributed by atoms with Crippen LogP contribution in [0.5, 0.6) is 11.5 Å². The van der Waals surface area contributed by atoms with Crippen molar-refractivity contribution in [2.24, 2.45) is 0 Å². The average molecular weight is 386 g/mol. The normalized spacial score (nSPS) is 10.5. The summed E-state index contributed by atoms with van der Waals surface area (Å²) in [6.45, 7) is -2.69. The summed E-state index contributed by atoms with van der Waals surface area (Å²) in [7, 11) is 1.36. The first-order valence-electron chi connectivity index (χ1n) is 6.65. The van der Waals surface area contributed by atoms with Gasteiger partial charge in [0, 0.05) is 16.6 Å². The molecule has 0 saturated heterocycles. The van der Waals surface area contributed by atoms with Crippen molar-refractivity contribution in [1.82, 2.24) is 5.32 Å². The lowest BCUT2D eigenvalue weighted by molar-refractivity contribution is -0.0512. The van der Waals surface area contributed by atoms with E-state index >= 15 is 0 Å². The second-order valence-electron chi connectivity index (χ2n) is 4.55. The quantitative estimate of drug-likeness (QED) is 0.817. The summed E-state index contributed by atoms with van der Waals surface area (Å²) in [6, 6.07) is 11.4. The number of methoxy groups -OCH3 is 1. The third-order valence-electron chi connectivity index (χ3n) is 3.00. The van der Waals surface area contributed by atoms with Crippen molar-refractivity contribution >= 4 is 21.8 Å². The Bertz CT molecular complexity index is 678. The molecule has 0 radical (unpaired) electrons. The number of alkyl halides is 2. The molecule has 2 rings (SSSR count). The Labute approximate surface area is 140 Å². The van der Waals surface area contributed by atoms with Crippen LogP contribution in [0.3, 0.4) is 0 Å². The SMILES string of the molecule is COc1cc(CNC(=O)c2ccc(Br)cc2)ccc1OC(F)F. The van der Waals surface area contributed by atoms with Crippen molar-refractivity contribution in [3.05, 3.63) is 58.1 Å². The lowest BCUT2D eigenvalue weighted by Gasteiger charge is -2.12. The molecule has 0 aliphatic rings. The summed E-state index contributed by atoms with van der Waals surface area (Å²) in [5.74, 6) is -0.101. The number of halogens is 3. The summed E-state index contributed by atoms with van der Waals surface area (Å²) >= 11 is 3.30. The highest BCUT2D eigenvalue weighted by Crippen LogP contribution is 2.29. The van der Waals surface area contributed by atoms with E-state index in [9.17, 15) is 13.6 Å². The molecule has 0 spiro atoms. The van der Waals surface area contributed by atoms with Crippen LogP contribution in [0.15, 0.2) is 46.9 Å². The van der Waals surface area contributed by atoms with Crippen molar-refractivity contribution in [1.29, 1.82) is 0 Å². The number of carbonyl (C=O) groups is 1. The Hall–Kier alpha value is -2.15. The van der Waals surface area contributed by atoms with Gasteiger partial charge in [-0.3, -0.25) is 4.79 Å². The topological polar surface area (TPSA) is 47.6 Å². The van der Waals surface area contributed by atoms with Crippen LogP contribution in [-0.4, -0.2) is 19.6 Å². The molecule has 0 aliphatic carbocycles. The number of rotatable bonds is 6. The lowest BCUT2D eigenvalue weighted by atomic mass is 10.1. The number of nitrogens with one attached hydrogen (secondary N) is 1. The number of amides is 1. The first kappa shape index (κ1) is 17.2. The number of hydrogen-bond acceptors (Lipinski definition) is 3. The molecule has 122 valence electrons. The summed E-state index contributed by atoms with van der Waals surface area (Å²) in [4.78, 5) is 12.0. The maximum Gasteiger partial charge on any atom is 0.387 e. The molecule has 1 amide bonds. The van der Waals surface area contributed by atoms with Gasteiger partial charge in [0.2, 0.25) is 0 Å². The predicted molar refractivity (Wildman–Crippen MR) is 84.9 cm³/mol. The van der Waals surface area contributed by atoms with Gasteiger partial charge in [-0.25, -0.2) is 0 Å². The maximum atomic E-state index is 12.3. The smallest absolute Gasteiger partial charge is 0.387 e. The molecule has 2 aromatic rings. The highest BCUT2D eigenvalue weighted by Gasteiger charge is 2.11. The van der Waals surface area contributed by atoms with Crippen molar-refractivity contribution in [3.63, 3.8) is 0 Å². The van der Waals surface area contributed by atoms with Gasteiger partial charge in [0.1, 0.15) is 0 Å². The summed E-state index contributed by atoms with van der Waals surface area (Å²) in [5, 5.41) is 2.75. The monoisotopic (exact) mass is 385 g/mol. The van der Waals surface area contributed by atoms with Crippen molar-refractivity contribution < 1.29 is 23.0 Å². The second-order valence-corrected chi connectivity index (χ2v) is 5.47. The highest BCUT2D eigenvalue weighted by atomic mass is 79.9. The Morgan fingerprint density at radius 1 is 1.17 bits per heavy atom. The van der Waals surface area contributed by atoms with Crippen molar-refractivity contribution in [2.45, 2.75) is 13.2 Å². The van der Waals surface area contributed by atoms with Gasteiger partial charge in [0.15, 0.2) is 11.5 Å². The van der Waals surface area contributed by atoms with Crippen LogP contribution in [0.4, 0.5) is 8.78 Å². The lowest BCUT2D eigenvalue weighted by Crippen LogP contribution is -2.22. The van der Waals surface area contributed by atoms with Gasteiger partial charge in [0.25, 0.3) is 5.91 Å². The van der Waals surface area contributed by atoms with E-state index < -0.39 is 6.61 Å². The molecule has 0 saturated carbocycles. The molecule has 4 nitrogen and oxygen atoms in total. The fourth-order valence-electron chi connectivity index (χ4n) is 1.90. The molecular weight excluding hydrogens is 372 g/mol. The fourth-order valence-corrected chi connectivity index (χ4v) is 2.17. The minimum absolute atomic E-state index is 0.0505. The molecule has 23 heavy (non-hydrogen) atoms. The average Bonchev–Trinajstić information content (AvgIpc) is 2.53. The van der Waals surface area contributed by atoms with Crippen molar-refractivity contribution in [3.8, 4) is 11.5 Å². The van der Waals surface area contributed by atoms with Gasteiger partial charge in [-0.2, -0.15) is 8.78 Å². The van der Waals surface area contributed by atoms with Crippen LogP contribution in [0.1, 0.15) is 15.9 Å². The van der Waals surface area contributed by atoms with Crippen LogP contribution in [0.25, 0.3) is 0 Å². The predicted octanol–water partition coefficient (Wildman–Crippen LogP) is 3.99. The van der Waals surface area contributed by atoms with Crippen LogP contribution >= 0.6 is 15.9 Å². The zero-order chi connectivity index (χ0) is 16.8. The van der Waals surface area contributed by atoms with Gasteiger partial charge in [0.05, 0.1) is 7.11 Å². The Kier molecular flexibility index (Phi) is 5.92. The van der Waals surface area contributed by atoms with Gasteiger partial charge in [-0.15, -0.1) is 0 Å². The molecule has 7 heteroatoms. The van der Waals surface area contributed by atoms with E-state index in [4.69, 9.17) is 4.74 Å². The Balaban J connectivity index is 2.02. The maximum absolute atomic E-state index is 12.3. The Morgan fingerprint density at radius 3 is 2.48 bits per heavy atom. The molecule has 1 N–H and O–H groups in total. The van der Waals surface area contributed by atoms with E-state index in [2.05, 4.69) is 26.0 Å². The third kappa shape index (κ3) is 4.92. The van der Waals surface area contributed by atoms with E-state index in [1.165, 1.54) is 13.2 Å². The zero-order valence-electron chi connectivity index (χ0n) is 12.2. The molecule has 2 aromatic carbocycles. The van der Waals surface area contributed by atoms with E-state index in [0.717, 1.165) is 4.47 Å². The first-order valence-corrected chi connectivity index (χ1v) is 7.44. The van der Waals surface area contributed by atoms with Gasteiger partial charge < -0.3 is 14.8 Å². The largest absolute Gasteiger partial charge is 0.493 e. The minimum atomic E-state index is -2.92. The van der Waals surface area contributed by atoms with Gasteiger partial charge in [-0.05, 0) is 42.0 Å². The molecule has 0 aromatic heterocycles. The van der Waals surface area contributed by atoms with Crippen molar-refractivity contribution in [2.75, 3.05) is 7.11 Å². The second kappa shape index (κ2) is 7.92. The highest BCUT2D eigenvalue weighted by molar-refractivity contribution is 9.10. The third-order valence-corrected chi connectivity index (χ3v) is 3.53. The van der Waals surface area contributed by atoms with Crippen LogP contribution in [0.2, 0.25) is 0 Å². The Morgan fingerprint density at radius 2 is 1.87 bits per heavy atom. The zero-order valence-corrected chi connectivity index (χ0v) is 13.8. The molecule has 0 fully saturated rings. The number of ether oxygens (including phenoxy) is 2. The fraction of sp³-hybridized carbons (Fsp3) is 0.188. The van der Waals surface area contributed by atoms with E-state index in [0.29, 0.717) is 11.1 Å². The molecule has 0 unspecified atom stereocenters. The molecule has 0 aliphatic heterocycles. The van der Waals surface area contributed by atoms with Gasteiger partial charge in [-0.1, -0.05) is 22.0 Å². The summed E-state index contributed by atoms with van der Waals surface area (Å²) in [6.07, 6.45) is 0. The van der Waals surface area contributed by atoms with Crippen LogP contribution in [-0.2, 0) is 6.54 Å². The summed E-state index contributed by atoms with van der Waals surface area (Å²) in [5.41, 5.74) is 1.23. The number of benzene rings is 2. The van der Waals surface area contributed by atoms with E-state index in [1.807, 2.05) is 0 Å². The van der Waals surface area contributed by atoms with Gasteiger partial charge >= 0.3 is 6.61 Å². The van der Waals surface area contributed by atoms with Crippen LogP contribution < -0.4 is 14.8 Å². The molecular formula is C16H14BrF2NO3.